The normalized spacial score (nSPS) is 10.5. The highest BCUT2D eigenvalue weighted by Crippen LogP contribution is 2.36. The molecule has 0 fully saturated rings. The third-order valence-electron chi connectivity index (χ3n) is 2.90. The molecule has 3 aromatic rings. The summed E-state index contributed by atoms with van der Waals surface area (Å²) in [5, 5.41) is 14.8. The maximum Gasteiger partial charge on any atom is 0.274 e. The van der Waals surface area contributed by atoms with Crippen LogP contribution in [0.1, 0.15) is 0 Å². The maximum absolute atomic E-state index is 10.9. The van der Waals surface area contributed by atoms with E-state index < -0.39 is 4.92 Å². The van der Waals surface area contributed by atoms with Crippen LogP contribution >= 0.6 is 11.3 Å². The number of aromatic nitrogens is 1. The summed E-state index contributed by atoms with van der Waals surface area (Å²) in [6, 6.07) is 12.5. The molecule has 0 unspecified atom stereocenters. The number of thiazole rings is 1. The number of hydrogen-bond acceptors (Lipinski definition) is 6. The molecule has 21 heavy (non-hydrogen) atoms. The van der Waals surface area contributed by atoms with Crippen LogP contribution in [0.25, 0.3) is 10.2 Å². The fourth-order valence-corrected chi connectivity index (χ4v) is 2.88. The van der Waals surface area contributed by atoms with Gasteiger partial charge in [-0.2, -0.15) is 0 Å². The quantitative estimate of drug-likeness (QED) is 0.583. The summed E-state index contributed by atoms with van der Waals surface area (Å²) in [5.41, 5.74) is 1.52. The van der Waals surface area contributed by atoms with Crippen LogP contribution < -0.4 is 10.1 Å². The van der Waals surface area contributed by atoms with Gasteiger partial charge in [0.1, 0.15) is 5.52 Å². The third-order valence-corrected chi connectivity index (χ3v) is 3.82. The van der Waals surface area contributed by atoms with Gasteiger partial charge in [0.2, 0.25) is 0 Å². The summed E-state index contributed by atoms with van der Waals surface area (Å²) in [7, 11) is 1.47. The number of nitrogens with one attached hydrogen (secondary N) is 1. The average molecular weight is 301 g/mol. The van der Waals surface area contributed by atoms with Crippen molar-refractivity contribution in [1.29, 1.82) is 0 Å². The number of benzene rings is 2. The van der Waals surface area contributed by atoms with Gasteiger partial charge in [0, 0.05) is 11.8 Å². The van der Waals surface area contributed by atoms with E-state index in [-0.39, 0.29) is 5.69 Å². The van der Waals surface area contributed by atoms with Crippen LogP contribution in [0.2, 0.25) is 0 Å². The summed E-state index contributed by atoms with van der Waals surface area (Å²) in [6.07, 6.45) is 0. The Morgan fingerprint density at radius 2 is 2.05 bits per heavy atom. The molecule has 0 radical (unpaired) electrons. The Hall–Kier alpha value is -2.67. The predicted molar refractivity (Wildman–Crippen MR) is 82.6 cm³/mol. The lowest BCUT2D eigenvalue weighted by Crippen LogP contribution is -1.91. The van der Waals surface area contributed by atoms with E-state index in [0.29, 0.717) is 21.1 Å². The molecule has 0 aliphatic heterocycles. The van der Waals surface area contributed by atoms with Crippen LogP contribution in [-0.4, -0.2) is 17.0 Å². The van der Waals surface area contributed by atoms with Crippen molar-refractivity contribution in [2.24, 2.45) is 0 Å². The van der Waals surface area contributed by atoms with E-state index in [1.165, 1.54) is 30.6 Å². The molecule has 0 saturated heterocycles. The van der Waals surface area contributed by atoms with Crippen LogP contribution in [0.15, 0.2) is 42.5 Å². The molecule has 7 heteroatoms. The van der Waals surface area contributed by atoms with Gasteiger partial charge in [0.05, 0.1) is 22.8 Å². The standard InChI is InChI=1S/C14H11N3O3S/c1-20-11-7-10(17(18)19)8-12-13(11)16-14(21-12)15-9-5-3-2-4-6-9/h2-8H,1H3,(H,15,16). The van der Waals surface area contributed by atoms with Crippen molar-refractivity contribution in [1.82, 2.24) is 4.98 Å². The summed E-state index contributed by atoms with van der Waals surface area (Å²) >= 11 is 1.35. The number of rotatable bonds is 4. The number of anilines is 2. The Morgan fingerprint density at radius 3 is 2.71 bits per heavy atom. The van der Waals surface area contributed by atoms with Crippen LogP contribution in [-0.2, 0) is 0 Å². The van der Waals surface area contributed by atoms with E-state index in [9.17, 15) is 10.1 Å². The number of hydrogen-bond donors (Lipinski definition) is 1. The van der Waals surface area contributed by atoms with Gasteiger partial charge in [0.25, 0.3) is 5.69 Å². The van der Waals surface area contributed by atoms with Crippen molar-refractivity contribution in [3.05, 3.63) is 52.6 Å². The number of nitro benzene ring substituents is 1. The molecule has 0 spiro atoms. The minimum Gasteiger partial charge on any atom is -0.494 e. The zero-order chi connectivity index (χ0) is 14.8. The number of methoxy groups -OCH3 is 1. The van der Waals surface area contributed by atoms with Gasteiger partial charge in [-0.1, -0.05) is 29.5 Å². The molecular weight excluding hydrogens is 290 g/mol. The Kier molecular flexibility index (Phi) is 3.41. The lowest BCUT2D eigenvalue weighted by atomic mass is 10.3. The van der Waals surface area contributed by atoms with Crippen LogP contribution in [0.4, 0.5) is 16.5 Å². The highest BCUT2D eigenvalue weighted by molar-refractivity contribution is 7.22. The second-order valence-electron chi connectivity index (χ2n) is 4.26. The minimum atomic E-state index is -0.439. The Morgan fingerprint density at radius 1 is 1.29 bits per heavy atom. The molecule has 1 N–H and O–H groups in total. The highest BCUT2D eigenvalue weighted by atomic mass is 32.1. The van der Waals surface area contributed by atoms with Crippen LogP contribution in [0.5, 0.6) is 5.75 Å². The average Bonchev–Trinajstić information content (AvgIpc) is 2.89. The van der Waals surface area contributed by atoms with Crippen molar-refractivity contribution >= 4 is 38.1 Å². The number of nitro groups is 1. The number of nitrogens with zero attached hydrogens (tertiary/aromatic N) is 2. The number of para-hydroxylation sites is 1. The SMILES string of the molecule is COc1cc([N+](=O)[O-])cc2sc(Nc3ccccc3)nc12. The van der Waals surface area contributed by atoms with Gasteiger partial charge in [-0.05, 0) is 12.1 Å². The van der Waals surface area contributed by atoms with Crippen molar-refractivity contribution in [3.8, 4) is 5.75 Å². The molecule has 0 saturated carbocycles. The van der Waals surface area contributed by atoms with Gasteiger partial charge >= 0.3 is 0 Å². The smallest absolute Gasteiger partial charge is 0.274 e. The number of fused-ring (bicyclic) bond motifs is 1. The van der Waals surface area contributed by atoms with Gasteiger partial charge in [-0.15, -0.1) is 0 Å². The first-order chi connectivity index (χ1) is 10.2. The molecule has 1 heterocycles. The second-order valence-corrected chi connectivity index (χ2v) is 5.29. The van der Waals surface area contributed by atoms with E-state index in [1.54, 1.807) is 0 Å². The van der Waals surface area contributed by atoms with Crippen molar-refractivity contribution in [2.75, 3.05) is 12.4 Å². The molecule has 0 atom stereocenters. The maximum atomic E-state index is 10.9. The second kappa shape index (κ2) is 5.37. The molecule has 3 rings (SSSR count). The molecule has 0 bridgehead atoms. The fourth-order valence-electron chi connectivity index (χ4n) is 1.94. The van der Waals surface area contributed by atoms with E-state index in [4.69, 9.17) is 4.74 Å². The monoisotopic (exact) mass is 301 g/mol. The summed E-state index contributed by atoms with van der Waals surface area (Å²) < 4.78 is 5.90. The van der Waals surface area contributed by atoms with E-state index in [1.807, 2.05) is 30.3 Å². The molecule has 1 aromatic heterocycles. The summed E-state index contributed by atoms with van der Waals surface area (Å²) in [4.78, 5) is 14.9. The summed E-state index contributed by atoms with van der Waals surface area (Å²) in [5.74, 6) is 0.400. The molecule has 106 valence electrons. The topological polar surface area (TPSA) is 77.3 Å². The molecule has 6 nitrogen and oxygen atoms in total. The van der Waals surface area contributed by atoms with Crippen LogP contribution in [0, 0.1) is 10.1 Å². The van der Waals surface area contributed by atoms with Crippen molar-refractivity contribution in [3.63, 3.8) is 0 Å². The number of ether oxygens (including phenoxy) is 1. The van der Waals surface area contributed by atoms with Crippen molar-refractivity contribution < 1.29 is 9.66 Å². The van der Waals surface area contributed by atoms with Crippen molar-refractivity contribution in [2.45, 2.75) is 0 Å². The Bertz CT molecular complexity index is 802. The lowest BCUT2D eigenvalue weighted by molar-refractivity contribution is -0.384. The predicted octanol–water partition coefficient (Wildman–Crippen LogP) is 3.96. The first-order valence-corrected chi connectivity index (χ1v) is 6.94. The first-order valence-electron chi connectivity index (χ1n) is 6.12. The van der Waals surface area contributed by atoms with E-state index in [0.717, 1.165) is 5.69 Å². The number of non-ortho nitro benzene ring substituents is 1. The molecular formula is C14H11N3O3S. The van der Waals surface area contributed by atoms with Gasteiger partial charge in [-0.3, -0.25) is 10.1 Å². The molecule has 0 amide bonds. The zero-order valence-electron chi connectivity index (χ0n) is 11.1. The largest absolute Gasteiger partial charge is 0.494 e. The van der Waals surface area contributed by atoms with Gasteiger partial charge < -0.3 is 10.1 Å². The van der Waals surface area contributed by atoms with Gasteiger partial charge in [0.15, 0.2) is 10.9 Å². The molecule has 0 aliphatic carbocycles. The van der Waals surface area contributed by atoms with Crippen LogP contribution in [0.3, 0.4) is 0 Å². The highest BCUT2D eigenvalue weighted by Gasteiger charge is 2.16. The molecule has 2 aromatic carbocycles. The Balaban J connectivity index is 2.05. The molecule has 0 aliphatic rings. The first kappa shape index (κ1) is 13.3. The Labute approximate surface area is 124 Å². The minimum absolute atomic E-state index is 0.00531. The van der Waals surface area contributed by atoms with E-state index in [2.05, 4.69) is 10.3 Å². The van der Waals surface area contributed by atoms with Gasteiger partial charge in [-0.25, -0.2) is 4.98 Å². The fraction of sp³-hybridized carbons (Fsp3) is 0.0714. The van der Waals surface area contributed by atoms with E-state index >= 15 is 0 Å². The third kappa shape index (κ3) is 2.63. The summed E-state index contributed by atoms with van der Waals surface area (Å²) in [6.45, 7) is 0. The lowest BCUT2D eigenvalue weighted by Gasteiger charge is -2.00. The zero-order valence-corrected chi connectivity index (χ0v) is 11.9.